The average Bonchev–Trinajstić information content (AvgIpc) is 2.17. The number of hydrogen-bond acceptors (Lipinski definition) is 2. The minimum atomic E-state index is -0.611. The Labute approximate surface area is 90.2 Å². The highest BCUT2D eigenvalue weighted by Crippen LogP contribution is 2.17. The van der Waals surface area contributed by atoms with Gasteiger partial charge < -0.3 is 4.74 Å². The number of alkyl halides is 1. The number of benzene rings is 1. The maximum atomic E-state index is 13.3. The summed E-state index contributed by atoms with van der Waals surface area (Å²) in [6, 6.07) is 4.50. The number of hydrogen-bond donors (Lipinski definition) is 0. The largest absolute Gasteiger partial charge is 0.462 e. The molecule has 0 radical (unpaired) electrons. The molecule has 0 spiro atoms. The molecule has 0 aromatic heterocycles. The molecular formula is C10H10BrFO2. The molecule has 1 rings (SSSR count). The summed E-state index contributed by atoms with van der Waals surface area (Å²) in [7, 11) is 0. The molecule has 1 aromatic rings. The fourth-order valence-electron chi connectivity index (χ4n) is 1.11. The van der Waals surface area contributed by atoms with Crippen molar-refractivity contribution in [2.75, 3.05) is 6.61 Å². The number of ether oxygens (including phenoxy) is 1. The average molecular weight is 261 g/mol. The molecule has 1 aromatic carbocycles. The predicted molar refractivity (Wildman–Crippen MR) is 55.0 cm³/mol. The first-order chi connectivity index (χ1) is 6.70. The zero-order valence-corrected chi connectivity index (χ0v) is 9.30. The van der Waals surface area contributed by atoms with E-state index in [1.165, 1.54) is 6.07 Å². The summed E-state index contributed by atoms with van der Waals surface area (Å²) in [5, 5.41) is 0.429. The molecular weight excluding hydrogens is 251 g/mol. The van der Waals surface area contributed by atoms with Crippen molar-refractivity contribution < 1.29 is 13.9 Å². The molecule has 0 aliphatic heterocycles. The normalized spacial score (nSPS) is 9.93. The lowest BCUT2D eigenvalue weighted by Crippen LogP contribution is -2.10. The van der Waals surface area contributed by atoms with Crippen LogP contribution in [0.15, 0.2) is 18.2 Å². The molecule has 14 heavy (non-hydrogen) atoms. The predicted octanol–water partition coefficient (Wildman–Crippen LogP) is 2.90. The van der Waals surface area contributed by atoms with E-state index in [4.69, 9.17) is 4.74 Å². The fourth-order valence-corrected chi connectivity index (χ4v) is 1.58. The molecule has 0 fully saturated rings. The second kappa shape index (κ2) is 5.10. The van der Waals surface area contributed by atoms with E-state index >= 15 is 0 Å². The third kappa shape index (κ3) is 2.32. The van der Waals surface area contributed by atoms with Crippen LogP contribution in [-0.4, -0.2) is 12.6 Å². The van der Waals surface area contributed by atoms with Crippen LogP contribution in [0.2, 0.25) is 0 Å². The van der Waals surface area contributed by atoms with Gasteiger partial charge in [-0.15, -0.1) is 0 Å². The molecule has 4 heteroatoms. The Kier molecular flexibility index (Phi) is 4.07. The van der Waals surface area contributed by atoms with Gasteiger partial charge >= 0.3 is 5.97 Å². The van der Waals surface area contributed by atoms with E-state index in [1.807, 2.05) is 0 Å². The molecule has 0 saturated carbocycles. The van der Waals surface area contributed by atoms with E-state index in [0.29, 0.717) is 10.9 Å². The van der Waals surface area contributed by atoms with E-state index in [1.54, 1.807) is 19.1 Å². The van der Waals surface area contributed by atoms with Gasteiger partial charge in [0.2, 0.25) is 0 Å². The quantitative estimate of drug-likeness (QED) is 0.617. The van der Waals surface area contributed by atoms with Crippen LogP contribution in [0.1, 0.15) is 22.8 Å². The van der Waals surface area contributed by atoms with Gasteiger partial charge in [0.25, 0.3) is 0 Å². The van der Waals surface area contributed by atoms with Crippen LogP contribution in [0.5, 0.6) is 0 Å². The molecule has 0 amide bonds. The zero-order valence-electron chi connectivity index (χ0n) is 7.72. The smallest absolute Gasteiger partial charge is 0.341 e. The Morgan fingerprint density at radius 2 is 2.29 bits per heavy atom. The lowest BCUT2D eigenvalue weighted by Gasteiger charge is -2.06. The SMILES string of the molecule is CCOC(=O)c1c(F)cccc1CBr. The van der Waals surface area contributed by atoms with Gasteiger partial charge in [-0.2, -0.15) is 0 Å². The first-order valence-corrected chi connectivity index (χ1v) is 5.33. The zero-order chi connectivity index (χ0) is 10.6. The van der Waals surface area contributed by atoms with Crippen LogP contribution in [-0.2, 0) is 10.1 Å². The fraction of sp³-hybridized carbons (Fsp3) is 0.300. The van der Waals surface area contributed by atoms with E-state index in [0.717, 1.165) is 0 Å². The molecule has 0 unspecified atom stereocenters. The van der Waals surface area contributed by atoms with Crippen molar-refractivity contribution in [2.24, 2.45) is 0 Å². The molecule has 0 atom stereocenters. The maximum Gasteiger partial charge on any atom is 0.341 e. The minimum Gasteiger partial charge on any atom is -0.462 e. The lowest BCUT2D eigenvalue weighted by molar-refractivity contribution is 0.0520. The highest BCUT2D eigenvalue weighted by molar-refractivity contribution is 9.08. The number of halogens is 2. The van der Waals surface area contributed by atoms with Crippen LogP contribution in [0.25, 0.3) is 0 Å². The number of rotatable bonds is 3. The Morgan fingerprint density at radius 1 is 1.57 bits per heavy atom. The van der Waals surface area contributed by atoms with Gasteiger partial charge in [-0.05, 0) is 18.6 Å². The molecule has 0 aliphatic carbocycles. The summed E-state index contributed by atoms with van der Waals surface area (Å²) in [5.41, 5.74) is 0.620. The Balaban J connectivity index is 3.10. The maximum absolute atomic E-state index is 13.3. The molecule has 2 nitrogen and oxygen atoms in total. The number of carbonyl (C=O) groups excluding carboxylic acids is 1. The molecule has 0 bridgehead atoms. The topological polar surface area (TPSA) is 26.3 Å². The lowest BCUT2D eigenvalue weighted by atomic mass is 10.1. The highest BCUT2D eigenvalue weighted by Gasteiger charge is 2.16. The van der Waals surface area contributed by atoms with Crippen molar-refractivity contribution in [1.82, 2.24) is 0 Å². The monoisotopic (exact) mass is 260 g/mol. The van der Waals surface area contributed by atoms with Crippen LogP contribution < -0.4 is 0 Å². The summed E-state index contributed by atoms with van der Waals surface area (Å²) in [6.45, 7) is 1.93. The van der Waals surface area contributed by atoms with Gasteiger partial charge in [-0.25, -0.2) is 9.18 Å². The summed E-state index contributed by atoms with van der Waals surface area (Å²) < 4.78 is 18.0. The second-order valence-corrected chi connectivity index (χ2v) is 3.19. The van der Waals surface area contributed by atoms with Gasteiger partial charge in [0.05, 0.1) is 12.2 Å². The molecule has 0 N–H and O–H groups in total. The molecule has 0 saturated heterocycles. The van der Waals surface area contributed by atoms with Crippen molar-refractivity contribution >= 4 is 21.9 Å². The van der Waals surface area contributed by atoms with Crippen LogP contribution in [0.3, 0.4) is 0 Å². The van der Waals surface area contributed by atoms with E-state index in [2.05, 4.69) is 15.9 Å². The van der Waals surface area contributed by atoms with Gasteiger partial charge in [0, 0.05) is 5.33 Å². The first kappa shape index (κ1) is 11.2. The highest BCUT2D eigenvalue weighted by atomic mass is 79.9. The van der Waals surface area contributed by atoms with Crippen molar-refractivity contribution in [3.05, 3.63) is 35.1 Å². The molecule has 0 heterocycles. The van der Waals surface area contributed by atoms with Crippen LogP contribution >= 0.6 is 15.9 Å². The summed E-state index contributed by atoms with van der Waals surface area (Å²) in [4.78, 5) is 11.4. The van der Waals surface area contributed by atoms with E-state index < -0.39 is 11.8 Å². The Morgan fingerprint density at radius 3 is 2.86 bits per heavy atom. The Bertz CT molecular complexity index is 339. The van der Waals surface area contributed by atoms with Crippen molar-refractivity contribution in [3.8, 4) is 0 Å². The van der Waals surface area contributed by atoms with E-state index in [-0.39, 0.29) is 12.2 Å². The van der Waals surface area contributed by atoms with Crippen molar-refractivity contribution in [1.29, 1.82) is 0 Å². The van der Waals surface area contributed by atoms with E-state index in [9.17, 15) is 9.18 Å². The minimum absolute atomic E-state index is 0.0197. The van der Waals surface area contributed by atoms with Crippen molar-refractivity contribution in [2.45, 2.75) is 12.3 Å². The van der Waals surface area contributed by atoms with Crippen LogP contribution in [0, 0.1) is 5.82 Å². The second-order valence-electron chi connectivity index (χ2n) is 2.63. The number of carbonyl (C=O) groups is 1. The third-order valence-corrected chi connectivity index (χ3v) is 2.33. The first-order valence-electron chi connectivity index (χ1n) is 4.21. The number of esters is 1. The standard InChI is InChI=1S/C10H10BrFO2/c1-2-14-10(13)9-7(6-11)4-3-5-8(9)12/h3-5H,2,6H2,1H3. The van der Waals surface area contributed by atoms with Gasteiger partial charge in [0.15, 0.2) is 0 Å². The summed E-state index contributed by atoms with van der Waals surface area (Å²) in [5.74, 6) is -1.15. The third-order valence-electron chi connectivity index (χ3n) is 1.72. The summed E-state index contributed by atoms with van der Waals surface area (Å²) in [6.07, 6.45) is 0. The van der Waals surface area contributed by atoms with Crippen LogP contribution in [0.4, 0.5) is 4.39 Å². The molecule has 0 aliphatic rings. The van der Waals surface area contributed by atoms with Gasteiger partial charge in [-0.3, -0.25) is 0 Å². The molecule has 76 valence electrons. The van der Waals surface area contributed by atoms with Gasteiger partial charge in [-0.1, -0.05) is 28.1 Å². The van der Waals surface area contributed by atoms with Crippen molar-refractivity contribution in [3.63, 3.8) is 0 Å². The van der Waals surface area contributed by atoms with Gasteiger partial charge in [0.1, 0.15) is 5.82 Å². The Hall–Kier alpha value is -0.900. The summed E-state index contributed by atoms with van der Waals surface area (Å²) >= 11 is 3.19.